The Morgan fingerprint density at radius 1 is 1.47 bits per heavy atom. The van der Waals surface area contributed by atoms with Crippen molar-refractivity contribution in [2.24, 2.45) is 5.41 Å². The molecule has 0 unspecified atom stereocenters. The minimum Gasteiger partial charge on any atom is -0.481 e. The van der Waals surface area contributed by atoms with Gasteiger partial charge in [-0.15, -0.1) is 0 Å². The van der Waals surface area contributed by atoms with Gasteiger partial charge in [-0.3, -0.25) is 9.78 Å². The quantitative estimate of drug-likeness (QED) is 0.904. The number of hydrogen-bond acceptors (Lipinski definition) is 3. The van der Waals surface area contributed by atoms with Crippen LogP contribution in [0, 0.1) is 5.41 Å². The number of carboxylic acid groups (broad SMARTS) is 1. The second kappa shape index (κ2) is 5.17. The number of nitrogens with one attached hydrogen (secondary N) is 1. The maximum absolute atomic E-state index is 11.1. The van der Waals surface area contributed by atoms with Crippen LogP contribution >= 0.6 is 15.9 Å². The summed E-state index contributed by atoms with van der Waals surface area (Å²) >= 11 is 3.39. The Labute approximate surface area is 120 Å². The molecule has 0 aliphatic rings. The highest BCUT2D eigenvalue weighted by Gasteiger charge is 2.26. The van der Waals surface area contributed by atoms with Gasteiger partial charge < -0.3 is 10.4 Å². The van der Waals surface area contributed by atoms with Crippen molar-refractivity contribution in [3.05, 3.63) is 34.9 Å². The molecule has 100 valence electrons. The number of benzene rings is 1. The molecule has 0 aliphatic carbocycles. The lowest BCUT2D eigenvalue weighted by Crippen LogP contribution is -2.31. The molecule has 0 aliphatic heterocycles. The molecule has 0 amide bonds. The Morgan fingerprint density at radius 2 is 2.21 bits per heavy atom. The minimum atomic E-state index is -0.823. The number of fused-ring (bicyclic) bond motifs is 1. The molecule has 2 rings (SSSR count). The molecule has 4 nitrogen and oxygen atoms in total. The highest BCUT2D eigenvalue weighted by atomic mass is 79.9. The second-order valence-corrected chi connectivity index (χ2v) is 5.99. The Balaban J connectivity index is 2.29. The summed E-state index contributed by atoms with van der Waals surface area (Å²) in [6.07, 6.45) is 1.73. The van der Waals surface area contributed by atoms with Gasteiger partial charge in [0.25, 0.3) is 0 Å². The largest absolute Gasteiger partial charge is 0.481 e. The third-order valence-electron chi connectivity index (χ3n) is 2.98. The van der Waals surface area contributed by atoms with E-state index in [4.69, 9.17) is 5.11 Å². The number of carboxylic acids is 1. The molecule has 1 heterocycles. The number of hydrogen-bond donors (Lipinski definition) is 2. The summed E-state index contributed by atoms with van der Waals surface area (Å²) in [6, 6.07) is 7.78. The van der Waals surface area contributed by atoms with Crippen LogP contribution in [0.2, 0.25) is 0 Å². The first-order valence-electron chi connectivity index (χ1n) is 5.92. The van der Waals surface area contributed by atoms with Gasteiger partial charge >= 0.3 is 5.97 Å². The monoisotopic (exact) mass is 322 g/mol. The fraction of sp³-hybridized carbons (Fsp3) is 0.286. The minimum absolute atomic E-state index is 0.346. The fourth-order valence-electron chi connectivity index (χ4n) is 1.67. The number of aliphatic carboxylic acids is 1. The van der Waals surface area contributed by atoms with Crippen molar-refractivity contribution in [2.75, 3.05) is 11.9 Å². The highest BCUT2D eigenvalue weighted by molar-refractivity contribution is 9.10. The maximum atomic E-state index is 11.1. The van der Waals surface area contributed by atoms with Crippen molar-refractivity contribution in [3.63, 3.8) is 0 Å². The Bertz CT molecular complexity index is 626. The van der Waals surface area contributed by atoms with Crippen molar-refractivity contribution in [2.45, 2.75) is 13.8 Å². The molecule has 2 N–H and O–H groups in total. The molecule has 19 heavy (non-hydrogen) atoms. The van der Waals surface area contributed by atoms with Crippen LogP contribution < -0.4 is 5.32 Å². The van der Waals surface area contributed by atoms with Crippen LogP contribution in [-0.4, -0.2) is 22.6 Å². The number of nitrogens with zero attached hydrogens (tertiary/aromatic N) is 1. The third-order valence-corrected chi connectivity index (χ3v) is 3.41. The van der Waals surface area contributed by atoms with Crippen molar-refractivity contribution in [1.82, 2.24) is 4.98 Å². The van der Waals surface area contributed by atoms with E-state index in [-0.39, 0.29) is 0 Å². The maximum Gasteiger partial charge on any atom is 0.310 e. The van der Waals surface area contributed by atoms with Crippen LogP contribution in [0.3, 0.4) is 0 Å². The molecule has 0 saturated heterocycles. The summed E-state index contributed by atoms with van der Waals surface area (Å²) < 4.78 is 0.919. The molecule has 0 radical (unpaired) electrons. The van der Waals surface area contributed by atoms with E-state index >= 15 is 0 Å². The second-order valence-electron chi connectivity index (χ2n) is 5.07. The summed E-state index contributed by atoms with van der Waals surface area (Å²) in [5.41, 5.74) is 0.864. The lowest BCUT2D eigenvalue weighted by Gasteiger charge is -2.20. The first-order chi connectivity index (χ1) is 8.90. The van der Waals surface area contributed by atoms with E-state index in [0.29, 0.717) is 6.54 Å². The molecule has 0 fully saturated rings. The van der Waals surface area contributed by atoms with E-state index in [1.807, 2.05) is 24.3 Å². The number of aromatic nitrogens is 1. The molecule has 0 atom stereocenters. The average Bonchev–Trinajstić information content (AvgIpc) is 2.35. The normalized spacial score (nSPS) is 11.5. The lowest BCUT2D eigenvalue weighted by molar-refractivity contribution is -0.146. The summed E-state index contributed by atoms with van der Waals surface area (Å²) in [4.78, 5) is 15.5. The van der Waals surface area contributed by atoms with E-state index < -0.39 is 11.4 Å². The molecule has 1 aromatic carbocycles. The Kier molecular flexibility index (Phi) is 3.75. The highest BCUT2D eigenvalue weighted by Crippen LogP contribution is 2.25. The van der Waals surface area contributed by atoms with E-state index in [9.17, 15) is 4.79 Å². The SMILES string of the molecule is CC(C)(CNc1cccc2cc(Br)cnc12)C(=O)O. The predicted molar refractivity (Wildman–Crippen MR) is 79.3 cm³/mol. The van der Waals surface area contributed by atoms with Crippen molar-refractivity contribution in [3.8, 4) is 0 Å². The number of halogens is 1. The molecule has 0 spiro atoms. The average molecular weight is 323 g/mol. The number of para-hydroxylation sites is 1. The molecule has 5 heteroatoms. The van der Waals surface area contributed by atoms with Crippen molar-refractivity contribution in [1.29, 1.82) is 0 Å². The van der Waals surface area contributed by atoms with E-state index in [1.165, 1.54) is 0 Å². The topological polar surface area (TPSA) is 62.2 Å². The standard InChI is InChI=1S/C14H15BrN2O2/c1-14(2,13(18)19)8-17-11-5-3-4-9-6-10(15)7-16-12(9)11/h3-7,17H,8H2,1-2H3,(H,18,19). The smallest absolute Gasteiger partial charge is 0.310 e. The summed E-state index contributed by atoms with van der Waals surface area (Å²) in [5, 5.41) is 13.3. The molecular weight excluding hydrogens is 308 g/mol. The number of pyridine rings is 1. The summed E-state index contributed by atoms with van der Waals surface area (Å²) in [6.45, 7) is 3.73. The zero-order valence-electron chi connectivity index (χ0n) is 10.8. The van der Waals surface area contributed by atoms with E-state index in [2.05, 4.69) is 26.2 Å². The van der Waals surface area contributed by atoms with E-state index in [0.717, 1.165) is 21.1 Å². The van der Waals surface area contributed by atoms with Gasteiger partial charge in [0.1, 0.15) is 0 Å². The van der Waals surface area contributed by atoms with Crippen LogP contribution in [0.15, 0.2) is 34.9 Å². The van der Waals surface area contributed by atoms with Crippen LogP contribution in [0.4, 0.5) is 5.69 Å². The number of carbonyl (C=O) groups is 1. The molecule has 1 aromatic heterocycles. The zero-order valence-corrected chi connectivity index (χ0v) is 12.4. The van der Waals surface area contributed by atoms with Crippen molar-refractivity contribution < 1.29 is 9.90 Å². The van der Waals surface area contributed by atoms with Gasteiger partial charge in [0.15, 0.2) is 0 Å². The summed E-state index contributed by atoms with van der Waals surface area (Å²) in [5.74, 6) is -0.823. The van der Waals surface area contributed by atoms with Gasteiger partial charge in [-0.25, -0.2) is 0 Å². The first kappa shape index (κ1) is 13.8. The van der Waals surface area contributed by atoms with Gasteiger partial charge in [-0.1, -0.05) is 12.1 Å². The first-order valence-corrected chi connectivity index (χ1v) is 6.71. The Morgan fingerprint density at radius 3 is 2.89 bits per heavy atom. The van der Waals surface area contributed by atoms with Crippen LogP contribution in [0.1, 0.15) is 13.8 Å². The molecule has 0 bridgehead atoms. The lowest BCUT2D eigenvalue weighted by atomic mass is 9.94. The number of rotatable bonds is 4. The van der Waals surface area contributed by atoms with Crippen LogP contribution in [0.25, 0.3) is 10.9 Å². The molecule has 2 aromatic rings. The van der Waals surface area contributed by atoms with Crippen molar-refractivity contribution >= 4 is 38.5 Å². The van der Waals surface area contributed by atoms with E-state index in [1.54, 1.807) is 20.0 Å². The van der Waals surface area contributed by atoms with Gasteiger partial charge in [-0.2, -0.15) is 0 Å². The van der Waals surface area contributed by atoms with Gasteiger partial charge in [0.05, 0.1) is 16.6 Å². The van der Waals surface area contributed by atoms with Gasteiger partial charge in [0.2, 0.25) is 0 Å². The van der Waals surface area contributed by atoms with Gasteiger partial charge in [-0.05, 0) is 41.9 Å². The summed E-state index contributed by atoms with van der Waals surface area (Å²) in [7, 11) is 0. The zero-order chi connectivity index (χ0) is 14.0. The fourth-order valence-corrected chi connectivity index (χ4v) is 2.02. The van der Waals surface area contributed by atoms with Crippen LogP contribution in [-0.2, 0) is 4.79 Å². The number of anilines is 1. The predicted octanol–water partition coefficient (Wildman–Crippen LogP) is 3.52. The Hall–Kier alpha value is -1.62. The third kappa shape index (κ3) is 3.04. The molecular formula is C14H15BrN2O2. The molecule has 0 saturated carbocycles. The van der Waals surface area contributed by atoms with Gasteiger partial charge in [0, 0.05) is 22.6 Å². The van der Waals surface area contributed by atoms with Crippen LogP contribution in [0.5, 0.6) is 0 Å².